The number of tetrazole rings is 1. The number of rotatable bonds is 5. The average Bonchev–Trinajstić information content (AvgIpc) is 3.38. The second-order valence-electron chi connectivity index (χ2n) is 6.25. The van der Waals surface area contributed by atoms with Gasteiger partial charge in [0.15, 0.2) is 0 Å². The van der Waals surface area contributed by atoms with Crippen LogP contribution < -0.4 is 11.0 Å². The minimum absolute atomic E-state index is 0.248. The van der Waals surface area contributed by atoms with E-state index in [9.17, 15) is 9.59 Å². The Labute approximate surface area is 163 Å². The van der Waals surface area contributed by atoms with Crippen LogP contribution in [0, 0.1) is 13.8 Å². The van der Waals surface area contributed by atoms with Crippen molar-refractivity contribution in [3.8, 4) is 10.7 Å². The summed E-state index contributed by atoms with van der Waals surface area (Å²) in [5.41, 5.74) is 2.25. The molecule has 4 rings (SSSR count). The number of hydrogen-bond donors (Lipinski definition) is 1. The van der Waals surface area contributed by atoms with Gasteiger partial charge in [0.25, 0.3) is 0 Å². The molecule has 0 aliphatic carbocycles. The molecule has 28 heavy (non-hydrogen) atoms. The maximum Gasteiger partial charge on any atom is 0.369 e. The fraction of sp³-hybridized carbons (Fsp3) is 0.167. The Kier molecular flexibility index (Phi) is 4.62. The zero-order valence-electron chi connectivity index (χ0n) is 15.2. The number of carbonyl (C=O) groups is 1. The molecule has 0 aliphatic rings. The van der Waals surface area contributed by atoms with Crippen molar-refractivity contribution in [3.63, 3.8) is 0 Å². The Hall–Kier alpha value is -3.53. The van der Waals surface area contributed by atoms with Gasteiger partial charge < -0.3 is 5.32 Å². The predicted octanol–water partition coefficient (Wildman–Crippen LogP) is 1.93. The molecule has 4 aromatic rings. The summed E-state index contributed by atoms with van der Waals surface area (Å²) >= 11 is 1.36. The molecule has 0 spiro atoms. The topological polar surface area (TPSA) is 99.6 Å². The molecule has 1 amide bonds. The fourth-order valence-electron chi connectivity index (χ4n) is 2.69. The summed E-state index contributed by atoms with van der Waals surface area (Å²) in [5.74, 6) is 0.124. The van der Waals surface area contributed by atoms with Crippen LogP contribution in [-0.2, 0) is 11.3 Å². The van der Waals surface area contributed by atoms with Gasteiger partial charge in [-0.3, -0.25) is 4.79 Å². The molecule has 0 aliphatic heterocycles. The maximum absolute atomic E-state index is 12.5. The highest BCUT2D eigenvalue weighted by Crippen LogP contribution is 2.17. The van der Waals surface area contributed by atoms with Crippen LogP contribution in [0.1, 0.15) is 11.3 Å². The minimum atomic E-state index is -0.471. The number of benzene rings is 1. The molecular formula is C18H17N7O2S. The van der Waals surface area contributed by atoms with Gasteiger partial charge in [-0.25, -0.2) is 9.48 Å². The highest BCUT2D eigenvalue weighted by Gasteiger charge is 2.15. The molecule has 0 saturated heterocycles. The lowest BCUT2D eigenvalue weighted by atomic mass is 10.2. The SMILES string of the molecule is Cc1ccc(-n2nc(C)cc2NC(=O)Cn2nnn(-c3cccs3)c2=O)cc1. The first-order chi connectivity index (χ1) is 13.5. The van der Waals surface area contributed by atoms with E-state index < -0.39 is 11.6 Å². The van der Waals surface area contributed by atoms with E-state index in [0.29, 0.717) is 10.8 Å². The molecule has 142 valence electrons. The maximum atomic E-state index is 12.5. The number of carbonyl (C=O) groups excluding carboxylic acids is 1. The quantitative estimate of drug-likeness (QED) is 0.557. The molecule has 0 bridgehead atoms. The molecule has 9 nitrogen and oxygen atoms in total. The monoisotopic (exact) mass is 395 g/mol. The third kappa shape index (κ3) is 3.49. The normalized spacial score (nSPS) is 10.9. The van der Waals surface area contributed by atoms with Crippen LogP contribution >= 0.6 is 11.3 Å². The summed E-state index contributed by atoms with van der Waals surface area (Å²) in [5, 5.41) is 17.3. The number of nitrogens with zero attached hydrogens (tertiary/aromatic N) is 6. The summed E-state index contributed by atoms with van der Waals surface area (Å²) in [6.45, 7) is 3.60. The summed E-state index contributed by atoms with van der Waals surface area (Å²) in [6.07, 6.45) is 0. The number of anilines is 1. The molecule has 1 aromatic carbocycles. The lowest BCUT2D eigenvalue weighted by molar-refractivity contribution is -0.117. The molecule has 1 N–H and O–H groups in total. The third-order valence-electron chi connectivity index (χ3n) is 4.03. The largest absolute Gasteiger partial charge is 0.369 e. The lowest BCUT2D eigenvalue weighted by Crippen LogP contribution is -2.30. The summed E-state index contributed by atoms with van der Waals surface area (Å²) in [7, 11) is 0. The third-order valence-corrected chi connectivity index (χ3v) is 4.87. The first-order valence-electron chi connectivity index (χ1n) is 8.51. The van der Waals surface area contributed by atoms with Crippen LogP contribution in [0.2, 0.25) is 0 Å². The second-order valence-corrected chi connectivity index (χ2v) is 7.17. The van der Waals surface area contributed by atoms with E-state index in [1.54, 1.807) is 16.8 Å². The molecule has 0 atom stereocenters. The Bertz CT molecular complexity index is 1170. The second kappa shape index (κ2) is 7.24. The van der Waals surface area contributed by atoms with Crippen LogP contribution in [0.15, 0.2) is 52.6 Å². The van der Waals surface area contributed by atoms with Crippen LogP contribution in [0.25, 0.3) is 10.7 Å². The zero-order valence-corrected chi connectivity index (χ0v) is 16.1. The Morgan fingerprint density at radius 1 is 1.11 bits per heavy atom. The van der Waals surface area contributed by atoms with Gasteiger partial charge in [-0.2, -0.15) is 14.5 Å². The first kappa shape index (κ1) is 17.9. The number of thiophene rings is 1. The smallest absolute Gasteiger partial charge is 0.309 e. The first-order valence-corrected chi connectivity index (χ1v) is 9.39. The van der Waals surface area contributed by atoms with Crippen molar-refractivity contribution >= 4 is 23.1 Å². The van der Waals surface area contributed by atoms with Crippen molar-refractivity contribution in [1.82, 2.24) is 29.6 Å². The van der Waals surface area contributed by atoms with Crippen molar-refractivity contribution in [1.29, 1.82) is 0 Å². The summed E-state index contributed by atoms with van der Waals surface area (Å²) in [4.78, 5) is 24.9. The average molecular weight is 395 g/mol. The molecule has 0 saturated carbocycles. The standard InChI is InChI=1S/C18H17N7O2S/c1-12-5-7-14(8-6-12)24-15(10-13(2)20-24)19-16(26)11-23-18(27)25(22-21-23)17-4-3-9-28-17/h3-10H,11H2,1-2H3,(H,19,26). The van der Waals surface area contributed by atoms with Crippen molar-refractivity contribution in [2.45, 2.75) is 20.4 Å². The molecule has 0 radical (unpaired) electrons. The lowest BCUT2D eigenvalue weighted by Gasteiger charge is -2.09. The van der Waals surface area contributed by atoms with Gasteiger partial charge in [-0.1, -0.05) is 17.7 Å². The molecular weight excluding hydrogens is 378 g/mol. The number of nitrogens with one attached hydrogen (secondary N) is 1. The van der Waals surface area contributed by atoms with E-state index in [0.717, 1.165) is 21.6 Å². The zero-order chi connectivity index (χ0) is 19.7. The molecule has 0 unspecified atom stereocenters. The van der Waals surface area contributed by atoms with Gasteiger partial charge in [0.1, 0.15) is 17.4 Å². The number of amides is 1. The summed E-state index contributed by atoms with van der Waals surface area (Å²) in [6, 6.07) is 13.1. The Balaban J connectivity index is 1.54. The highest BCUT2D eigenvalue weighted by molar-refractivity contribution is 7.12. The van der Waals surface area contributed by atoms with Crippen molar-refractivity contribution in [2.24, 2.45) is 0 Å². The molecule has 0 fully saturated rings. The number of aromatic nitrogens is 6. The van der Waals surface area contributed by atoms with Gasteiger partial charge >= 0.3 is 5.69 Å². The van der Waals surface area contributed by atoms with Gasteiger partial charge in [-0.05, 0) is 53.9 Å². The van der Waals surface area contributed by atoms with E-state index in [4.69, 9.17) is 0 Å². The van der Waals surface area contributed by atoms with Crippen LogP contribution in [0.3, 0.4) is 0 Å². The van der Waals surface area contributed by atoms with E-state index in [-0.39, 0.29) is 6.54 Å². The Morgan fingerprint density at radius 2 is 1.89 bits per heavy atom. The Morgan fingerprint density at radius 3 is 2.61 bits per heavy atom. The van der Waals surface area contributed by atoms with Crippen molar-refractivity contribution in [2.75, 3.05) is 5.32 Å². The fourth-order valence-corrected chi connectivity index (χ4v) is 3.36. The van der Waals surface area contributed by atoms with Crippen LogP contribution in [-0.4, -0.2) is 35.5 Å². The summed E-state index contributed by atoms with van der Waals surface area (Å²) < 4.78 is 3.84. The van der Waals surface area contributed by atoms with E-state index >= 15 is 0 Å². The predicted molar refractivity (Wildman–Crippen MR) is 105 cm³/mol. The number of hydrogen-bond acceptors (Lipinski definition) is 6. The highest BCUT2D eigenvalue weighted by atomic mass is 32.1. The van der Waals surface area contributed by atoms with Crippen LogP contribution in [0.4, 0.5) is 5.82 Å². The van der Waals surface area contributed by atoms with Gasteiger partial charge in [-0.15, -0.1) is 11.3 Å². The molecule has 10 heteroatoms. The van der Waals surface area contributed by atoms with E-state index in [1.165, 1.54) is 16.0 Å². The van der Waals surface area contributed by atoms with Crippen molar-refractivity contribution in [3.05, 3.63) is 69.6 Å². The minimum Gasteiger partial charge on any atom is -0.309 e. The van der Waals surface area contributed by atoms with Gasteiger partial charge in [0.05, 0.1) is 11.4 Å². The van der Waals surface area contributed by atoms with Crippen molar-refractivity contribution < 1.29 is 4.79 Å². The number of aryl methyl sites for hydroxylation is 2. The van der Waals surface area contributed by atoms with Gasteiger partial charge in [0.2, 0.25) is 5.91 Å². The molecule has 3 aromatic heterocycles. The van der Waals surface area contributed by atoms with E-state index in [1.807, 2.05) is 49.6 Å². The van der Waals surface area contributed by atoms with Crippen LogP contribution in [0.5, 0.6) is 0 Å². The molecule has 3 heterocycles. The van der Waals surface area contributed by atoms with E-state index in [2.05, 4.69) is 20.8 Å². The van der Waals surface area contributed by atoms with Gasteiger partial charge in [0, 0.05) is 6.07 Å².